The van der Waals surface area contributed by atoms with E-state index in [1.165, 1.54) is 6.33 Å². The van der Waals surface area contributed by atoms with Crippen LogP contribution in [0.5, 0.6) is 0 Å². The zero-order valence-corrected chi connectivity index (χ0v) is 15.4. The molecule has 1 aromatic heterocycles. The molecule has 0 aliphatic carbocycles. The molecule has 0 fully saturated rings. The van der Waals surface area contributed by atoms with Crippen molar-refractivity contribution in [1.82, 2.24) is 9.97 Å². The van der Waals surface area contributed by atoms with Gasteiger partial charge in [0.1, 0.15) is 6.33 Å². The maximum absolute atomic E-state index is 11.8. The lowest BCUT2D eigenvalue weighted by molar-refractivity contribution is -0.383. The maximum atomic E-state index is 11.8. The topological polar surface area (TPSA) is 84.2 Å². The molecule has 136 valence electrons. The average molecular weight is 402 g/mol. The van der Waals surface area contributed by atoms with Gasteiger partial charge in [0.2, 0.25) is 11.6 Å². The lowest BCUT2D eigenvalue weighted by Crippen LogP contribution is -2.17. The van der Waals surface area contributed by atoms with Crippen molar-refractivity contribution >= 4 is 51.9 Å². The number of para-hydroxylation sites is 1. The van der Waals surface area contributed by atoms with Gasteiger partial charge in [-0.15, -0.1) is 0 Å². The second-order valence-corrected chi connectivity index (χ2v) is 6.75. The molecule has 0 saturated heterocycles. The number of rotatable bonds is 4. The number of nitro groups is 1. The fraction of sp³-hybridized carbons (Fsp3) is 0.111. The van der Waals surface area contributed by atoms with Crippen LogP contribution in [0.15, 0.2) is 48.8 Å². The number of benzene rings is 2. The van der Waals surface area contributed by atoms with E-state index >= 15 is 0 Å². The van der Waals surface area contributed by atoms with E-state index < -0.39 is 4.92 Å². The number of anilines is 4. The molecule has 0 amide bonds. The van der Waals surface area contributed by atoms with Crippen LogP contribution in [-0.2, 0) is 6.42 Å². The van der Waals surface area contributed by atoms with Crippen LogP contribution < -0.4 is 10.2 Å². The Morgan fingerprint density at radius 3 is 2.70 bits per heavy atom. The molecule has 0 spiro atoms. The Morgan fingerprint density at radius 1 is 1.11 bits per heavy atom. The smallest absolute Gasteiger partial charge is 0.334 e. The molecular weight excluding hydrogens is 389 g/mol. The molecule has 3 aromatic rings. The molecule has 0 radical (unpaired) electrons. The van der Waals surface area contributed by atoms with Crippen LogP contribution in [0.25, 0.3) is 0 Å². The van der Waals surface area contributed by atoms with Crippen LogP contribution in [-0.4, -0.2) is 21.4 Å². The normalized spacial score (nSPS) is 12.7. The van der Waals surface area contributed by atoms with Gasteiger partial charge in [-0.2, -0.15) is 0 Å². The fourth-order valence-electron chi connectivity index (χ4n) is 3.10. The first kappa shape index (κ1) is 17.5. The maximum Gasteiger partial charge on any atom is 0.354 e. The first-order chi connectivity index (χ1) is 13.0. The standard InChI is InChI=1S/C18H13Cl2N5O2/c19-13-6-5-12(9-14(13)20)23-17-16(25(26)27)18(22-10-21-17)24-8-7-11-3-1-2-4-15(11)24/h1-6,9-10H,7-8H2,(H,21,22,23). The van der Waals surface area contributed by atoms with Gasteiger partial charge in [0.15, 0.2) is 0 Å². The second kappa shape index (κ2) is 7.02. The van der Waals surface area contributed by atoms with Crippen molar-refractivity contribution in [3.05, 3.63) is 74.5 Å². The highest BCUT2D eigenvalue weighted by molar-refractivity contribution is 6.42. The Balaban J connectivity index is 1.77. The van der Waals surface area contributed by atoms with Crippen LogP contribution in [0.1, 0.15) is 5.56 Å². The summed E-state index contributed by atoms with van der Waals surface area (Å²) in [4.78, 5) is 21.5. The lowest BCUT2D eigenvalue weighted by atomic mass is 10.2. The molecule has 0 atom stereocenters. The molecule has 7 nitrogen and oxygen atoms in total. The monoisotopic (exact) mass is 401 g/mol. The summed E-state index contributed by atoms with van der Waals surface area (Å²) in [5.41, 5.74) is 2.39. The molecule has 9 heteroatoms. The van der Waals surface area contributed by atoms with Crippen LogP contribution >= 0.6 is 23.2 Å². The van der Waals surface area contributed by atoms with E-state index in [4.69, 9.17) is 23.2 Å². The molecule has 4 rings (SSSR count). The molecule has 1 aliphatic rings. The molecule has 0 saturated carbocycles. The Morgan fingerprint density at radius 2 is 1.93 bits per heavy atom. The Labute approximate surface area is 164 Å². The minimum absolute atomic E-state index is 0.0905. The lowest BCUT2D eigenvalue weighted by Gasteiger charge is -2.19. The summed E-state index contributed by atoms with van der Waals surface area (Å²) in [7, 11) is 0. The summed E-state index contributed by atoms with van der Waals surface area (Å²) in [6.45, 7) is 0.614. The minimum Gasteiger partial charge on any atom is -0.334 e. The predicted octanol–water partition coefficient (Wildman–Crippen LogP) is 5.13. The number of halogens is 2. The summed E-state index contributed by atoms with van der Waals surface area (Å²) in [5, 5.41) is 15.5. The average Bonchev–Trinajstić information content (AvgIpc) is 3.08. The van der Waals surface area contributed by atoms with Crippen molar-refractivity contribution in [2.24, 2.45) is 0 Å². The van der Waals surface area contributed by atoms with Crippen LogP contribution in [0, 0.1) is 10.1 Å². The molecular formula is C18H13Cl2N5O2. The van der Waals surface area contributed by atoms with Crippen molar-refractivity contribution in [2.45, 2.75) is 6.42 Å². The summed E-state index contributed by atoms with van der Waals surface area (Å²) in [5.74, 6) is 0.343. The number of nitrogens with one attached hydrogen (secondary N) is 1. The largest absolute Gasteiger partial charge is 0.354 e. The Hall–Kier alpha value is -2.90. The van der Waals surface area contributed by atoms with E-state index in [9.17, 15) is 10.1 Å². The van der Waals surface area contributed by atoms with Gasteiger partial charge in [0.25, 0.3) is 0 Å². The van der Waals surface area contributed by atoms with Crippen LogP contribution in [0.2, 0.25) is 10.0 Å². The number of hydrogen-bond donors (Lipinski definition) is 1. The van der Waals surface area contributed by atoms with Gasteiger partial charge >= 0.3 is 5.69 Å². The molecule has 1 aliphatic heterocycles. The van der Waals surface area contributed by atoms with Crippen molar-refractivity contribution in [3.63, 3.8) is 0 Å². The van der Waals surface area contributed by atoms with Gasteiger partial charge in [-0.05, 0) is 36.2 Å². The molecule has 2 heterocycles. The van der Waals surface area contributed by atoms with Crippen molar-refractivity contribution in [3.8, 4) is 0 Å². The third kappa shape index (κ3) is 3.27. The van der Waals surface area contributed by atoms with Crippen molar-refractivity contribution in [2.75, 3.05) is 16.8 Å². The second-order valence-electron chi connectivity index (χ2n) is 5.94. The van der Waals surface area contributed by atoms with Gasteiger partial charge in [0, 0.05) is 17.9 Å². The van der Waals surface area contributed by atoms with Crippen molar-refractivity contribution in [1.29, 1.82) is 0 Å². The molecule has 27 heavy (non-hydrogen) atoms. The third-order valence-electron chi connectivity index (χ3n) is 4.31. The first-order valence-corrected chi connectivity index (χ1v) is 8.87. The van der Waals surface area contributed by atoms with Gasteiger partial charge < -0.3 is 10.2 Å². The SMILES string of the molecule is O=[N+]([O-])c1c(Nc2ccc(Cl)c(Cl)c2)ncnc1N1CCc2ccccc21. The minimum atomic E-state index is -0.476. The quantitative estimate of drug-likeness (QED) is 0.481. The van der Waals surface area contributed by atoms with Crippen LogP contribution in [0.3, 0.4) is 0 Å². The van der Waals surface area contributed by atoms with E-state index in [1.807, 2.05) is 29.2 Å². The first-order valence-electron chi connectivity index (χ1n) is 8.11. The molecule has 0 bridgehead atoms. The summed E-state index contributed by atoms with van der Waals surface area (Å²) in [6.07, 6.45) is 2.11. The van der Waals surface area contributed by atoms with Crippen molar-refractivity contribution < 1.29 is 4.92 Å². The molecule has 0 unspecified atom stereocenters. The van der Waals surface area contributed by atoms with Gasteiger partial charge in [-0.3, -0.25) is 10.1 Å². The van der Waals surface area contributed by atoms with Gasteiger partial charge in [0.05, 0.1) is 15.0 Å². The Bertz CT molecular complexity index is 1040. The number of nitrogens with zero attached hydrogens (tertiary/aromatic N) is 4. The molecule has 1 N–H and O–H groups in total. The van der Waals surface area contributed by atoms with Crippen LogP contribution in [0.4, 0.5) is 28.7 Å². The number of aromatic nitrogens is 2. The summed E-state index contributed by atoms with van der Waals surface area (Å²) >= 11 is 12.0. The third-order valence-corrected chi connectivity index (χ3v) is 5.05. The van der Waals surface area contributed by atoms with E-state index in [-0.39, 0.29) is 17.3 Å². The van der Waals surface area contributed by atoms with E-state index in [2.05, 4.69) is 15.3 Å². The van der Waals surface area contributed by atoms with E-state index in [1.54, 1.807) is 18.2 Å². The Kier molecular flexibility index (Phi) is 4.55. The highest BCUT2D eigenvalue weighted by Crippen LogP contribution is 2.41. The predicted molar refractivity (Wildman–Crippen MR) is 106 cm³/mol. The zero-order chi connectivity index (χ0) is 19.0. The summed E-state index contributed by atoms with van der Waals surface area (Å²) in [6, 6.07) is 12.7. The van der Waals surface area contributed by atoms with Gasteiger partial charge in [-0.25, -0.2) is 9.97 Å². The molecule has 2 aromatic carbocycles. The van der Waals surface area contributed by atoms with Gasteiger partial charge in [-0.1, -0.05) is 41.4 Å². The summed E-state index contributed by atoms with van der Waals surface area (Å²) < 4.78 is 0. The zero-order valence-electron chi connectivity index (χ0n) is 13.9. The van der Waals surface area contributed by atoms with E-state index in [0.29, 0.717) is 22.3 Å². The van der Waals surface area contributed by atoms with E-state index in [0.717, 1.165) is 17.7 Å². The number of fused-ring (bicyclic) bond motifs is 1. The highest BCUT2D eigenvalue weighted by atomic mass is 35.5. The highest BCUT2D eigenvalue weighted by Gasteiger charge is 2.31. The number of hydrogen-bond acceptors (Lipinski definition) is 6. The fourth-order valence-corrected chi connectivity index (χ4v) is 3.39.